The molecule has 3 rings (SSSR count). The SMILES string of the molecule is CC1CN(C)CCN1c1ncc(CCl)c2ccccc12. The fourth-order valence-electron chi connectivity index (χ4n) is 3.03. The summed E-state index contributed by atoms with van der Waals surface area (Å²) in [6.45, 7) is 5.45. The molecule has 1 aliphatic rings. The van der Waals surface area contributed by atoms with E-state index in [2.05, 4.69) is 48.0 Å². The summed E-state index contributed by atoms with van der Waals surface area (Å²) in [7, 11) is 2.18. The molecule has 1 fully saturated rings. The van der Waals surface area contributed by atoms with Gasteiger partial charge in [-0.25, -0.2) is 4.98 Å². The molecule has 1 atom stereocenters. The molecule has 3 nitrogen and oxygen atoms in total. The molecule has 0 aliphatic carbocycles. The van der Waals surface area contributed by atoms with Crippen LogP contribution in [0.2, 0.25) is 0 Å². The van der Waals surface area contributed by atoms with Crippen molar-refractivity contribution in [3.63, 3.8) is 0 Å². The van der Waals surface area contributed by atoms with Gasteiger partial charge in [-0.1, -0.05) is 24.3 Å². The summed E-state index contributed by atoms with van der Waals surface area (Å²) in [5.41, 5.74) is 1.10. The van der Waals surface area contributed by atoms with Crippen molar-refractivity contribution in [2.45, 2.75) is 18.8 Å². The highest BCUT2D eigenvalue weighted by atomic mass is 35.5. The molecule has 1 aromatic carbocycles. The molecular weight excluding hydrogens is 270 g/mol. The van der Waals surface area contributed by atoms with Crippen molar-refractivity contribution in [3.05, 3.63) is 36.0 Å². The summed E-state index contributed by atoms with van der Waals surface area (Å²) in [4.78, 5) is 9.49. The van der Waals surface area contributed by atoms with Gasteiger partial charge in [-0.05, 0) is 24.9 Å². The average molecular weight is 290 g/mol. The highest BCUT2D eigenvalue weighted by molar-refractivity contribution is 6.18. The summed E-state index contributed by atoms with van der Waals surface area (Å²) in [5.74, 6) is 1.60. The van der Waals surface area contributed by atoms with Crippen molar-refractivity contribution in [2.24, 2.45) is 0 Å². The number of hydrogen-bond acceptors (Lipinski definition) is 3. The van der Waals surface area contributed by atoms with Gasteiger partial charge in [0.15, 0.2) is 0 Å². The first kappa shape index (κ1) is 13.7. The van der Waals surface area contributed by atoms with E-state index >= 15 is 0 Å². The molecule has 0 spiro atoms. The molecule has 106 valence electrons. The smallest absolute Gasteiger partial charge is 0.136 e. The van der Waals surface area contributed by atoms with Crippen molar-refractivity contribution in [1.82, 2.24) is 9.88 Å². The fourth-order valence-corrected chi connectivity index (χ4v) is 3.24. The minimum atomic E-state index is 0.478. The van der Waals surface area contributed by atoms with Crippen LogP contribution in [0.4, 0.5) is 5.82 Å². The van der Waals surface area contributed by atoms with E-state index in [1.807, 2.05) is 6.20 Å². The molecule has 1 saturated heterocycles. The number of piperazine rings is 1. The topological polar surface area (TPSA) is 19.4 Å². The summed E-state index contributed by atoms with van der Waals surface area (Å²) in [5, 5.41) is 2.43. The number of fused-ring (bicyclic) bond motifs is 1. The molecule has 1 aliphatic heterocycles. The Bertz CT molecular complexity index is 614. The van der Waals surface area contributed by atoms with Gasteiger partial charge in [0.05, 0.1) is 0 Å². The number of hydrogen-bond donors (Lipinski definition) is 0. The molecule has 2 heterocycles. The summed E-state index contributed by atoms with van der Waals surface area (Å²) < 4.78 is 0. The van der Waals surface area contributed by atoms with Crippen molar-refractivity contribution in [2.75, 3.05) is 31.6 Å². The number of halogens is 1. The van der Waals surface area contributed by atoms with E-state index in [4.69, 9.17) is 16.6 Å². The lowest BCUT2D eigenvalue weighted by atomic mass is 10.1. The highest BCUT2D eigenvalue weighted by Crippen LogP contribution is 2.29. The Hall–Kier alpha value is -1.32. The van der Waals surface area contributed by atoms with E-state index in [0.717, 1.165) is 31.0 Å². The van der Waals surface area contributed by atoms with Crippen LogP contribution in [0.5, 0.6) is 0 Å². The minimum absolute atomic E-state index is 0.478. The van der Waals surface area contributed by atoms with Crippen molar-refractivity contribution < 1.29 is 0 Å². The number of likely N-dealkylation sites (N-methyl/N-ethyl adjacent to an activating group) is 1. The Morgan fingerprint density at radius 2 is 2.00 bits per heavy atom. The average Bonchev–Trinajstić information content (AvgIpc) is 2.47. The standard InChI is InChI=1S/C16H20ClN3/c1-12-11-19(2)7-8-20(12)16-15-6-4-3-5-14(15)13(9-17)10-18-16/h3-6,10,12H,7-9,11H2,1-2H3. The van der Waals surface area contributed by atoms with Crippen LogP contribution in [-0.4, -0.2) is 42.6 Å². The fraction of sp³-hybridized carbons (Fsp3) is 0.438. The molecule has 0 radical (unpaired) electrons. The lowest BCUT2D eigenvalue weighted by molar-refractivity contribution is 0.275. The number of aromatic nitrogens is 1. The highest BCUT2D eigenvalue weighted by Gasteiger charge is 2.24. The maximum Gasteiger partial charge on any atom is 0.136 e. The summed E-state index contributed by atoms with van der Waals surface area (Å²) in [6, 6.07) is 8.91. The van der Waals surface area contributed by atoms with E-state index in [1.54, 1.807) is 0 Å². The third kappa shape index (κ3) is 2.36. The zero-order valence-corrected chi connectivity index (χ0v) is 12.8. The molecule has 1 unspecified atom stereocenters. The van der Waals surface area contributed by atoms with Gasteiger partial charge in [0.1, 0.15) is 5.82 Å². The van der Waals surface area contributed by atoms with Crippen molar-refractivity contribution >= 4 is 28.2 Å². The predicted molar refractivity (Wildman–Crippen MR) is 85.6 cm³/mol. The molecule has 0 N–H and O–H groups in total. The van der Waals surface area contributed by atoms with E-state index in [-0.39, 0.29) is 0 Å². The van der Waals surface area contributed by atoms with Gasteiger partial charge >= 0.3 is 0 Å². The first-order chi connectivity index (χ1) is 9.70. The quantitative estimate of drug-likeness (QED) is 0.792. The Labute approximate surface area is 125 Å². The zero-order valence-electron chi connectivity index (χ0n) is 12.0. The van der Waals surface area contributed by atoms with E-state index < -0.39 is 0 Å². The van der Waals surface area contributed by atoms with Crippen LogP contribution < -0.4 is 4.90 Å². The van der Waals surface area contributed by atoms with E-state index in [9.17, 15) is 0 Å². The van der Waals surface area contributed by atoms with Crippen molar-refractivity contribution in [3.8, 4) is 0 Å². The molecule has 4 heteroatoms. The van der Waals surface area contributed by atoms with Crippen LogP contribution in [0, 0.1) is 0 Å². The molecule has 20 heavy (non-hydrogen) atoms. The number of nitrogens with zero attached hydrogens (tertiary/aromatic N) is 3. The largest absolute Gasteiger partial charge is 0.351 e. The molecule has 0 saturated carbocycles. The molecule has 2 aromatic rings. The number of pyridine rings is 1. The van der Waals surface area contributed by atoms with Gasteiger partial charge in [-0.15, -0.1) is 11.6 Å². The van der Waals surface area contributed by atoms with Crippen LogP contribution in [0.25, 0.3) is 10.8 Å². The molecule has 0 bridgehead atoms. The lowest BCUT2D eigenvalue weighted by Crippen LogP contribution is -2.50. The number of benzene rings is 1. The Kier molecular flexibility index (Phi) is 3.81. The van der Waals surface area contributed by atoms with Gasteiger partial charge in [-0.3, -0.25) is 0 Å². The van der Waals surface area contributed by atoms with Crippen LogP contribution in [-0.2, 0) is 5.88 Å². The second-order valence-corrected chi connectivity index (χ2v) is 5.86. The van der Waals surface area contributed by atoms with Gasteiger partial charge in [0.2, 0.25) is 0 Å². The van der Waals surface area contributed by atoms with Crippen LogP contribution >= 0.6 is 11.6 Å². The Morgan fingerprint density at radius 3 is 2.70 bits per heavy atom. The lowest BCUT2D eigenvalue weighted by Gasteiger charge is -2.39. The number of rotatable bonds is 2. The molecule has 1 aromatic heterocycles. The van der Waals surface area contributed by atoms with Gasteiger partial charge in [0.25, 0.3) is 0 Å². The number of anilines is 1. The molecule has 0 amide bonds. The molecular formula is C16H20ClN3. The summed E-state index contributed by atoms with van der Waals surface area (Å²) >= 11 is 6.03. The third-order valence-corrected chi connectivity index (χ3v) is 4.39. The second kappa shape index (κ2) is 5.58. The first-order valence-electron chi connectivity index (χ1n) is 7.08. The predicted octanol–water partition coefficient (Wildman–Crippen LogP) is 3.11. The second-order valence-electron chi connectivity index (χ2n) is 5.59. The van der Waals surface area contributed by atoms with Gasteiger partial charge in [-0.2, -0.15) is 0 Å². The zero-order chi connectivity index (χ0) is 14.1. The monoisotopic (exact) mass is 289 g/mol. The normalized spacial score (nSPS) is 20.6. The van der Waals surface area contributed by atoms with Crippen LogP contribution in [0.15, 0.2) is 30.5 Å². The third-order valence-electron chi connectivity index (χ3n) is 4.10. The number of alkyl halides is 1. The van der Waals surface area contributed by atoms with E-state index in [1.165, 1.54) is 10.8 Å². The maximum atomic E-state index is 6.03. The minimum Gasteiger partial charge on any atom is -0.351 e. The van der Waals surface area contributed by atoms with Crippen molar-refractivity contribution in [1.29, 1.82) is 0 Å². The van der Waals surface area contributed by atoms with E-state index in [0.29, 0.717) is 11.9 Å². The Morgan fingerprint density at radius 1 is 1.25 bits per heavy atom. The summed E-state index contributed by atoms with van der Waals surface area (Å²) in [6.07, 6.45) is 1.93. The van der Waals surface area contributed by atoms with Crippen LogP contribution in [0.3, 0.4) is 0 Å². The van der Waals surface area contributed by atoms with Gasteiger partial charge in [0, 0.05) is 43.1 Å². The first-order valence-corrected chi connectivity index (χ1v) is 7.62. The maximum absolute atomic E-state index is 6.03. The van der Waals surface area contributed by atoms with Crippen LogP contribution in [0.1, 0.15) is 12.5 Å². The Balaban J connectivity index is 2.08. The van der Waals surface area contributed by atoms with Gasteiger partial charge < -0.3 is 9.80 Å².